The maximum atomic E-state index is 12.7. The summed E-state index contributed by atoms with van der Waals surface area (Å²) in [6.45, 7) is 2.92. The van der Waals surface area contributed by atoms with Gasteiger partial charge in [0.15, 0.2) is 6.61 Å². The van der Waals surface area contributed by atoms with E-state index in [-0.39, 0.29) is 18.4 Å². The minimum Gasteiger partial charge on any atom is -0.491 e. The van der Waals surface area contributed by atoms with E-state index >= 15 is 0 Å². The van der Waals surface area contributed by atoms with Crippen LogP contribution < -0.4 is 9.47 Å². The van der Waals surface area contributed by atoms with Crippen LogP contribution in [0.15, 0.2) is 48.5 Å². The molecule has 28 heavy (non-hydrogen) atoms. The Hall–Kier alpha value is -3.02. The van der Waals surface area contributed by atoms with Gasteiger partial charge >= 0.3 is 0 Å². The molecule has 0 radical (unpaired) electrons. The lowest BCUT2D eigenvalue weighted by Gasteiger charge is -2.20. The third-order valence-corrected chi connectivity index (χ3v) is 5.14. The Morgan fingerprint density at radius 3 is 2.54 bits per heavy atom. The summed E-state index contributed by atoms with van der Waals surface area (Å²) in [7, 11) is 0. The number of fused-ring (bicyclic) bond motifs is 1. The lowest BCUT2D eigenvalue weighted by atomic mass is 10.1. The van der Waals surface area contributed by atoms with E-state index in [1.807, 2.05) is 53.4 Å². The zero-order valence-electron chi connectivity index (χ0n) is 15.8. The monoisotopic (exact) mass is 380 g/mol. The molecule has 2 aromatic carbocycles. The Morgan fingerprint density at radius 2 is 1.75 bits per heavy atom. The largest absolute Gasteiger partial charge is 0.491 e. The van der Waals surface area contributed by atoms with Gasteiger partial charge in [-0.3, -0.25) is 9.59 Å². The molecule has 0 aromatic heterocycles. The number of benzene rings is 2. The van der Waals surface area contributed by atoms with E-state index in [0.29, 0.717) is 31.0 Å². The molecule has 0 spiro atoms. The average molecular weight is 380 g/mol. The normalized spacial score (nSPS) is 16.1. The molecule has 146 valence electrons. The lowest BCUT2D eigenvalue weighted by Crippen LogP contribution is -2.36. The molecule has 4 rings (SSSR count). The van der Waals surface area contributed by atoms with Crippen LogP contribution in [0.5, 0.6) is 11.5 Å². The van der Waals surface area contributed by atoms with E-state index < -0.39 is 0 Å². The van der Waals surface area contributed by atoms with E-state index in [4.69, 9.17) is 9.47 Å². The van der Waals surface area contributed by atoms with E-state index in [2.05, 4.69) is 0 Å². The van der Waals surface area contributed by atoms with Crippen molar-refractivity contribution in [2.24, 2.45) is 0 Å². The molecule has 2 aromatic rings. The topological polar surface area (TPSA) is 59.1 Å². The quantitative estimate of drug-likeness (QED) is 0.818. The van der Waals surface area contributed by atoms with E-state index in [0.717, 1.165) is 37.2 Å². The predicted octanol–water partition coefficient (Wildman–Crippen LogP) is 2.72. The standard InChI is InChI=1S/C22H24N2O4/c25-21(16-28-19-6-2-1-3-7-19)24-12-13-27-20-9-8-17(14-18(20)15-24)22(26)23-10-4-5-11-23/h1-3,6-9,14H,4-5,10-13,15-16H2. The van der Waals surface area contributed by atoms with Crippen LogP contribution in [0.3, 0.4) is 0 Å². The van der Waals surface area contributed by atoms with Gasteiger partial charge in [0, 0.05) is 30.8 Å². The van der Waals surface area contributed by atoms with Crippen molar-refractivity contribution in [1.82, 2.24) is 9.80 Å². The molecule has 0 N–H and O–H groups in total. The van der Waals surface area contributed by atoms with Crippen molar-refractivity contribution in [3.63, 3.8) is 0 Å². The fraction of sp³-hybridized carbons (Fsp3) is 0.364. The molecule has 2 aliphatic heterocycles. The van der Waals surface area contributed by atoms with Crippen LogP contribution in [0, 0.1) is 0 Å². The number of ether oxygens (including phenoxy) is 2. The predicted molar refractivity (Wildman–Crippen MR) is 104 cm³/mol. The first kappa shape index (κ1) is 18.3. The first-order valence-electron chi connectivity index (χ1n) is 9.71. The first-order chi connectivity index (χ1) is 13.7. The number of hydrogen-bond acceptors (Lipinski definition) is 4. The number of nitrogens with zero attached hydrogens (tertiary/aromatic N) is 2. The second kappa shape index (κ2) is 8.33. The summed E-state index contributed by atoms with van der Waals surface area (Å²) in [5.41, 5.74) is 1.51. The molecule has 0 aliphatic carbocycles. The number of rotatable bonds is 4. The summed E-state index contributed by atoms with van der Waals surface area (Å²) in [4.78, 5) is 28.9. The van der Waals surface area contributed by atoms with Crippen LogP contribution >= 0.6 is 0 Å². The highest BCUT2D eigenvalue weighted by molar-refractivity contribution is 5.94. The number of carbonyl (C=O) groups excluding carboxylic acids is 2. The smallest absolute Gasteiger partial charge is 0.260 e. The van der Waals surface area contributed by atoms with E-state index in [1.54, 1.807) is 4.90 Å². The van der Waals surface area contributed by atoms with E-state index in [9.17, 15) is 9.59 Å². The van der Waals surface area contributed by atoms with Crippen molar-refractivity contribution in [3.05, 3.63) is 59.7 Å². The molecule has 0 saturated carbocycles. The highest BCUT2D eigenvalue weighted by Crippen LogP contribution is 2.26. The van der Waals surface area contributed by atoms with Crippen LogP contribution in [-0.4, -0.2) is 54.5 Å². The number of carbonyl (C=O) groups is 2. The van der Waals surface area contributed by atoms with Gasteiger partial charge in [0.1, 0.15) is 18.1 Å². The van der Waals surface area contributed by atoms with Crippen LogP contribution in [0.4, 0.5) is 0 Å². The van der Waals surface area contributed by atoms with Crippen LogP contribution in [0.1, 0.15) is 28.8 Å². The zero-order chi connectivity index (χ0) is 19.3. The second-order valence-electron chi connectivity index (χ2n) is 7.09. The van der Waals surface area contributed by atoms with Crippen molar-refractivity contribution >= 4 is 11.8 Å². The molecule has 6 nitrogen and oxygen atoms in total. The van der Waals surface area contributed by atoms with Crippen molar-refractivity contribution in [1.29, 1.82) is 0 Å². The summed E-state index contributed by atoms with van der Waals surface area (Å²) in [6.07, 6.45) is 2.12. The van der Waals surface area contributed by atoms with Crippen LogP contribution in [0.2, 0.25) is 0 Å². The molecule has 2 amide bonds. The molecule has 0 bridgehead atoms. The molecule has 1 saturated heterocycles. The molecule has 0 unspecified atom stereocenters. The Balaban J connectivity index is 1.45. The van der Waals surface area contributed by atoms with Gasteiger partial charge in [-0.05, 0) is 43.2 Å². The van der Waals surface area contributed by atoms with Gasteiger partial charge in [-0.1, -0.05) is 18.2 Å². The van der Waals surface area contributed by atoms with Crippen molar-refractivity contribution in [3.8, 4) is 11.5 Å². The SMILES string of the molecule is O=C(COc1ccccc1)N1CCOc2ccc(C(=O)N3CCCC3)cc2C1. The fourth-order valence-electron chi connectivity index (χ4n) is 3.60. The van der Waals surface area contributed by atoms with Gasteiger partial charge in [-0.25, -0.2) is 0 Å². The van der Waals surface area contributed by atoms with Gasteiger partial charge in [0.2, 0.25) is 0 Å². The molecular weight excluding hydrogens is 356 g/mol. The Labute approximate surface area is 164 Å². The number of para-hydroxylation sites is 1. The molecule has 2 heterocycles. The van der Waals surface area contributed by atoms with Crippen LogP contribution in [-0.2, 0) is 11.3 Å². The fourth-order valence-corrected chi connectivity index (χ4v) is 3.60. The maximum absolute atomic E-state index is 12.7. The number of hydrogen-bond donors (Lipinski definition) is 0. The third-order valence-electron chi connectivity index (χ3n) is 5.14. The summed E-state index contributed by atoms with van der Waals surface area (Å²) in [5.74, 6) is 1.35. The van der Waals surface area contributed by atoms with Gasteiger partial charge in [0.05, 0.1) is 6.54 Å². The number of likely N-dealkylation sites (tertiary alicyclic amines) is 1. The van der Waals surface area contributed by atoms with Crippen molar-refractivity contribution in [2.75, 3.05) is 32.8 Å². The highest BCUT2D eigenvalue weighted by atomic mass is 16.5. The van der Waals surface area contributed by atoms with Gasteiger partial charge in [0.25, 0.3) is 11.8 Å². The molecule has 6 heteroatoms. The summed E-state index contributed by atoms with van der Waals surface area (Å²) in [6, 6.07) is 14.8. The minimum absolute atomic E-state index is 0.0221. The highest BCUT2D eigenvalue weighted by Gasteiger charge is 2.24. The second-order valence-corrected chi connectivity index (χ2v) is 7.09. The van der Waals surface area contributed by atoms with Crippen molar-refractivity contribution in [2.45, 2.75) is 19.4 Å². The minimum atomic E-state index is -0.100. The summed E-state index contributed by atoms with van der Waals surface area (Å²) >= 11 is 0. The average Bonchev–Trinajstić information content (AvgIpc) is 3.18. The molecule has 0 atom stereocenters. The summed E-state index contributed by atoms with van der Waals surface area (Å²) in [5, 5.41) is 0. The molecule has 2 aliphatic rings. The third kappa shape index (κ3) is 4.11. The van der Waals surface area contributed by atoms with Gasteiger partial charge in [-0.2, -0.15) is 0 Å². The van der Waals surface area contributed by atoms with E-state index in [1.165, 1.54) is 0 Å². The van der Waals surface area contributed by atoms with Crippen molar-refractivity contribution < 1.29 is 19.1 Å². The summed E-state index contributed by atoms with van der Waals surface area (Å²) < 4.78 is 11.4. The van der Waals surface area contributed by atoms with Gasteiger partial charge < -0.3 is 19.3 Å². The van der Waals surface area contributed by atoms with Crippen LogP contribution in [0.25, 0.3) is 0 Å². The maximum Gasteiger partial charge on any atom is 0.260 e. The number of amides is 2. The Bertz CT molecular complexity index is 847. The van der Waals surface area contributed by atoms with Gasteiger partial charge in [-0.15, -0.1) is 0 Å². The molecular formula is C22H24N2O4. The Morgan fingerprint density at radius 1 is 0.964 bits per heavy atom. The Kier molecular flexibility index (Phi) is 5.46. The first-order valence-corrected chi connectivity index (χ1v) is 9.71. The lowest BCUT2D eigenvalue weighted by molar-refractivity contribution is -0.134. The zero-order valence-corrected chi connectivity index (χ0v) is 15.8. The molecule has 1 fully saturated rings.